The highest BCUT2D eigenvalue weighted by atomic mass is 32.2. The van der Waals surface area contributed by atoms with E-state index in [1.807, 2.05) is 18.2 Å². The van der Waals surface area contributed by atoms with Crippen molar-refractivity contribution in [3.05, 3.63) is 35.4 Å². The van der Waals surface area contributed by atoms with Gasteiger partial charge in [0.15, 0.2) is 0 Å². The van der Waals surface area contributed by atoms with Gasteiger partial charge in [0, 0.05) is 12.5 Å². The van der Waals surface area contributed by atoms with Crippen LogP contribution in [0.4, 0.5) is 0 Å². The zero-order chi connectivity index (χ0) is 18.1. The first kappa shape index (κ1) is 17.4. The molecule has 1 spiro atoms. The molecule has 0 radical (unpaired) electrons. The van der Waals surface area contributed by atoms with Gasteiger partial charge in [-0.1, -0.05) is 36.0 Å². The maximum Gasteiger partial charge on any atom is 0.231 e. The van der Waals surface area contributed by atoms with E-state index in [4.69, 9.17) is 0 Å². The molecule has 0 unspecified atom stereocenters. The minimum absolute atomic E-state index is 0.136. The maximum absolute atomic E-state index is 12.5. The Morgan fingerprint density at radius 3 is 2.92 bits per heavy atom. The summed E-state index contributed by atoms with van der Waals surface area (Å²) in [6.45, 7) is 1.75. The van der Waals surface area contributed by atoms with Crippen LogP contribution < -0.4 is 10.6 Å². The molecule has 2 atom stereocenters. The monoisotopic (exact) mass is 374 g/mol. The number of amides is 1. The van der Waals surface area contributed by atoms with E-state index in [0.29, 0.717) is 5.16 Å². The number of tetrazole rings is 1. The lowest BCUT2D eigenvalue weighted by atomic mass is 9.72. The molecule has 1 aromatic carbocycles. The summed E-state index contributed by atoms with van der Waals surface area (Å²) in [5.41, 5.74) is 1.92. The molecular formula is C17H22N6O2S. The molecule has 2 aliphatic rings. The van der Waals surface area contributed by atoms with E-state index in [1.54, 1.807) is 7.05 Å². The average molecular weight is 374 g/mol. The van der Waals surface area contributed by atoms with Gasteiger partial charge >= 0.3 is 0 Å². The van der Waals surface area contributed by atoms with E-state index < -0.39 is 6.10 Å². The number of hydrogen-bond donors (Lipinski definition) is 3. The van der Waals surface area contributed by atoms with Gasteiger partial charge in [0.25, 0.3) is 0 Å². The summed E-state index contributed by atoms with van der Waals surface area (Å²) in [6.07, 6.45) is 1.13. The fourth-order valence-corrected chi connectivity index (χ4v) is 4.81. The molecule has 1 amide bonds. The largest absolute Gasteiger partial charge is 0.390 e. The SMILES string of the molecule is Cn1nnnc1SCC(=O)N[C@@H]1c2ccccc2C2(CCNCC2)[C@H]1O. The van der Waals surface area contributed by atoms with Gasteiger partial charge in [-0.2, -0.15) is 0 Å². The maximum atomic E-state index is 12.5. The first-order chi connectivity index (χ1) is 12.6. The molecule has 26 heavy (non-hydrogen) atoms. The number of aliphatic hydroxyl groups is 1. The van der Waals surface area contributed by atoms with Crippen molar-refractivity contribution in [2.24, 2.45) is 7.05 Å². The Labute approximate surface area is 155 Å². The number of aromatic nitrogens is 4. The Hall–Kier alpha value is -1.97. The number of hydrogen-bond acceptors (Lipinski definition) is 7. The number of thioether (sulfide) groups is 1. The summed E-state index contributed by atoms with van der Waals surface area (Å²) in [7, 11) is 1.73. The van der Waals surface area contributed by atoms with Crippen molar-refractivity contribution in [3.8, 4) is 0 Å². The molecule has 2 heterocycles. The fourth-order valence-electron chi connectivity index (χ4n) is 4.15. The van der Waals surface area contributed by atoms with E-state index in [1.165, 1.54) is 22.0 Å². The first-order valence-corrected chi connectivity index (χ1v) is 9.73. The van der Waals surface area contributed by atoms with E-state index in [2.05, 4.69) is 32.2 Å². The zero-order valence-electron chi connectivity index (χ0n) is 14.6. The molecule has 3 N–H and O–H groups in total. The van der Waals surface area contributed by atoms with Gasteiger partial charge in [-0.3, -0.25) is 4.79 Å². The number of carbonyl (C=O) groups is 1. The van der Waals surface area contributed by atoms with E-state index in [0.717, 1.165) is 31.5 Å². The van der Waals surface area contributed by atoms with E-state index >= 15 is 0 Å². The number of benzene rings is 1. The summed E-state index contributed by atoms with van der Waals surface area (Å²) in [5.74, 6) is 0.0663. The quantitative estimate of drug-likeness (QED) is 0.655. The second kappa shape index (κ2) is 6.98. The highest BCUT2D eigenvalue weighted by Gasteiger charge is 2.52. The minimum Gasteiger partial charge on any atom is -0.390 e. The fraction of sp³-hybridized carbons (Fsp3) is 0.529. The molecular weight excluding hydrogens is 352 g/mol. The summed E-state index contributed by atoms with van der Waals surface area (Å²) >= 11 is 1.28. The molecule has 2 aromatic rings. The number of fused-ring (bicyclic) bond motifs is 2. The molecule has 8 nitrogen and oxygen atoms in total. The van der Waals surface area contributed by atoms with Crippen LogP contribution in [0.3, 0.4) is 0 Å². The minimum atomic E-state index is -0.618. The summed E-state index contributed by atoms with van der Waals surface area (Å²) in [5, 5.41) is 29.3. The Kier molecular flexibility index (Phi) is 4.68. The summed E-state index contributed by atoms with van der Waals surface area (Å²) in [6, 6.07) is 7.70. The van der Waals surface area contributed by atoms with Crippen LogP contribution in [0.2, 0.25) is 0 Å². The zero-order valence-corrected chi connectivity index (χ0v) is 15.4. The highest BCUT2D eigenvalue weighted by Crippen LogP contribution is 2.49. The van der Waals surface area contributed by atoms with Crippen molar-refractivity contribution in [1.29, 1.82) is 0 Å². The highest BCUT2D eigenvalue weighted by molar-refractivity contribution is 7.99. The van der Waals surface area contributed by atoms with Crippen LogP contribution in [-0.2, 0) is 17.3 Å². The molecule has 1 saturated heterocycles. The van der Waals surface area contributed by atoms with Crippen molar-refractivity contribution in [3.63, 3.8) is 0 Å². The van der Waals surface area contributed by atoms with Gasteiger partial charge in [0.2, 0.25) is 11.1 Å². The van der Waals surface area contributed by atoms with Crippen LogP contribution in [0.25, 0.3) is 0 Å². The molecule has 138 valence electrons. The molecule has 0 saturated carbocycles. The van der Waals surface area contributed by atoms with Gasteiger partial charge in [-0.25, -0.2) is 4.68 Å². The predicted octanol–water partition coefficient (Wildman–Crippen LogP) is 0.155. The van der Waals surface area contributed by atoms with Crippen LogP contribution in [0, 0.1) is 0 Å². The van der Waals surface area contributed by atoms with Gasteiger partial charge in [-0.05, 0) is 47.5 Å². The number of carbonyl (C=O) groups excluding carboxylic acids is 1. The van der Waals surface area contributed by atoms with E-state index in [-0.39, 0.29) is 23.1 Å². The lowest BCUT2D eigenvalue weighted by Crippen LogP contribution is -2.48. The van der Waals surface area contributed by atoms with Crippen LogP contribution in [0.15, 0.2) is 29.4 Å². The van der Waals surface area contributed by atoms with Crippen LogP contribution >= 0.6 is 11.8 Å². The van der Waals surface area contributed by atoms with Crippen LogP contribution in [-0.4, -0.2) is 56.2 Å². The molecule has 1 aromatic heterocycles. The lowest BCUT2D eigenvalue weighted by molar-refractivity contribution is -0.120. The molecule has 0 bridgehead atoms. The number of nitrogens with one attached hydrogen (secondary N) is 2. The molecule has 1 fully saturated rings. The van der Waals surface area contributed by atoms with Gasteiger partial charge in [0.05, 0.1) is 17.9 Å². The Morgan fingerprint density at radius 2 is 2.19 bits per heavy atom. The third-order valence-electron chi connectivity index (χ3n) is 5.44. The second-order valence-corrected chi connectivity index (χ2v) is 7.80. The summed E-state index contributed by atoms with van der Waals surface area (Å²) < 4.78 is 1.53. The van der Waals surface area contributed by atoms with Crippen molar-refractivity contribution in [1.82, 2.24) is 30.8 Å². The standard InChI is InChI=1S/C17H22N6O2S/c1-23-16(20-21-22-23)26-10-13(24)19-14-11-4-2-3-5-12(11)17(15(14)25)6-8-18-9-7-17/h2-5,14-15,18,25H,6-10H2,1H3,(H,19,24)/t14-,15+/m1/s1. The van der Waals surface area contributed by atoms with Crippen molar-refractivity contribution in [2.45, 2.75) is 35.6 Å². The third-order valence-corrected chi connectivity index (χ3v) is 6.45. The lowest BCUT2D eigenvalue weighted by Gasteiger charge is -2.38. The van der Waals surface area contributed by atoms with Crippen LogP contribution in [0.1, 0.15) is 30.0 Å². The van der Waals surface area contributed by atoms with Gasteiger partial charge in [-0.15, -0.1) is 5.10 Å². The normalized spacial score (nSPS) is 23.8. The first-order valence-electron chi connectivity index (χ1n) is 8.74. The molecule has 9 heteroatoms. The number of rotatable bonds is 4. The van der Waals surface area contributed by atoms with Gasteiger partial charge < -0.3 is 15.7 Å². The number of aryl methyl sites for hydroxylation is 1. The van der Waals surface area contributed by atoms with Crippen LogP contribution in [0.5, 0.6) is 0 Å². The number of nitrogens with zero attached hydrogens (tertiary/aromatic N) is 4. The van der Waals surface area contributed by atoms with Crippen molar-refractivity contribution in [2.75, 3.05) is 18.8 Å². The molecule has 1 aliphatic heterocycles. The van der Waals surface area contributed by atoms with Crippen molar-refractivity contribution < 1.29 is 9.90 Å². The topological polar surface area (TPSA) is 105 Å². The molecule has 1 aliphatic carbocycles. The predicted molar refractivity (Wildman–Crippen MR) is 96.6 cm³/mol. The summed E-state index contributed by atoms with van der Waals surface area (Å²) in [4.78, 5) is 12.5. The number of aliphatic hydroxyl groups excluding tert-OH is 1. The van der Waals surface area contributed by atoms with Gasteiger partial charge in [0.1, 0.15) is 0 Å². The Morgan fingerprint density at radius 1 is 1.42 bits per heavy atom. The second-order valence-electron chi connectivity index (χ2n) is 6.86. The Bertz CT molecular complexity index is 804. The van der Waals surface area contributed by atoms with Crippen molar-refractivity contribution >= 4 is 17.7 Å². The third kappa shape index (κ3) is 2.89. The Balaban J connectivity index is 1.51. The average Bonchev–Trinajstić information content (AvgIpc) is 3.17. The smallest absolute Gasteiger partial charge is 0.231 e. The number of piperidine rings is 1. The molecule has 4 rings (SSSR count). The van der Waals surface area contributed by atoms with E-state index in [9.17, 15) is 9.90 Å².